The van der Waals surface area contributed by atoms with E-state index in [1.807, 2.05) is 0 Å². The van der Waals surface area contributed by atoms with Gasteiger partial charge in [0.15, 0.2) is 0 Å². The van der Waals surface area contributed by atoms with Gasteiger partial charge in [-0.2, -0.15) is 0 Å². The Labute approximate surface area is 44.4 Å². The zero-order valence-corrected chi connectivity index (χ0v) is 4.87. The molecule has 0 aromatic carbocycles. The molecule has 0 saturated carbocycles. The SMILES string of the molecule is CNC(=O)NBr. The van der Waals surface area contributed by atoms with Gasteiger partial charge in [-0.3, -0.25) is 4.34 Å². The highest BCUT2D eigenvalue weighted by atomic mass is 79.9. The fourth-order valence-corrected chi connectivity index (χ4v) is 0.245. The van der Waals surface area contributed by atoms with Crippen molar-refractivity contribution in [2.75, 3.05) is 7.05 Å². The predicted molar refractivity (Wildman–Crippen MR) is 26.5 cm³/mol. The van der Waals surface area contributed by atoms with Crippen molar-refractivity contribution >= 4 is 22.2 Å². The van der Waals surface area contributed by atoms with Crippen LogP contribution >= 0.6 is 16.1 Å². The van der Waals surface area contributed by atoms with Crippen LogP contribution in [0.15, 0.2) is 0 Å². The van der Waals surface area contributed by atoms with Crippen molar-refractivity contribution < 1.29 is 4.79 Å². The van der Waals surface area contributed by atoms with E-state index in [2.05, 4.69) is 25.8 Å². The van der Waals surface area contributed by atoms with E-state index >= 15 is 0 Å². The minimum Gasteiger partial charge on any atom is -0.341 e. The van der Waals surface area contributed by atoms with Crippen LogP contribution in [0.3, 0.4) is 0 Å². The third kappa shape index (κ3) is 2.02. The number of carbonyl (C=O) groups is 1. The van der Waals surface area contributed by atoms with Crippen LogP contribution in [0.2, 0.25) is 0 Å². The average Bonchev–Trinajstić information content (AvgIpc) is 1.65. The lowest BCUT2D eigenvalue weighted by atomic mass is 11.0. The van der Waals surface area contributed by atoms with E-state index in [0.29, 0.717) is 0 Å². The Kier molecular flexibility index (Phi) is 2.84. The molecule has 6 heavy (non-hydrogen) atoms. The highest BCUT2D eigenvalue weighted by Crippen LogP contribution is 1.64. The Balaban J connectivity index is 2.99. The predicted octanol–water partition coefficient (Wildman–Crippen LogP) is 0.225. The molecule has 0 aliphatic heterocycles. The standard InChI is InChI=1S/C2H5BrN2O/c1-4-2(6)5-3/h1H3,(H2,4,5,6). The third-order valence-electron chi connectivity index (χ3n) is 0.313. The van der Waals surface area contributed by atoms with E-state index in [-0.39, 0.29) is 6.03 Å². The number of hydrogen-bond acceptors (Lipinski definition) is 1. The zero-order valence-electron chi connectivity index (χ0n) is 3.29. The van der Waals surface area contributed by atoms with Gasteiger partial charge in [0.05, 0.1) is 16.1 Å². The highest BCUT2D eigenvalue weighted by molar-refractivity contribution is 9.08. The van der Waals surface area contributed by atoms with Crippen LogP contribution in [0.1, 0.15) is 0 Å². The first-order chi connectivity index (χ1) is 2.81. The van der Waals surface area contributed by atoms with Gasteiger partial charge in [-0.15, -0.1) is 0 Å². The number of amides is 2. The summed E-state index contributed by atoms with van der Waals surface area (Å²) in [4.78, 5) is 9.91. The van der Waals surface area contributed by atoms with E-state index in [1.165, 1.54) is 7.05 Å². The van der Waals surface area contributed by atoms with Crippen molar-refractivity contribution in [1.29, 1.82) is 0 Å². The van der Waals surface area contributed by atoms with Gasteiger partial charge in [0.1, 0.15) is 0 Å². The second-order valence-corrected chi connectivity index (χ2v) is 1.07. The molecule has 2 N–H and O–H groups in total. The second-order valence-electron chi connectivity index (χ2n) is 0.674. The van der Waals surface area contributed by atoms with Gasteiger partial charge >= 0.3 is 6.03 Å². The monoisotopic (exact) mass is 152 g/mol. The van der Waals surface area contributed by atoms with E-state index < -0.39 is 0 Å². The number of urea groups is 1. The molecular weight excluding hydrogens is 148 g/mol. The summed E-state index contributed by atoms with van der Waals surface area (Å²) in [6.07, 6.45) is 0. The Morgan fingerprint density at radius 3 is 2.33 bits per heavy atom. The summed E-state index contributed by atoms with van der Waals surface area (Å²) in [7, 11) is 1.54. The Hall–Kier alpha value is -0.250. The fraction of sp³-hybridized carbons (Fsp3) is 0.500. The van der Waals surface area contributed by atoms with E-state index in [1.54, 1.807) is 0 Å². The summed E-state index contributed by atoms with van der Waals surface area (Å²) < 4.78 is 2.18. The quantitative estimate of drug-likeness (QED) is 0.480. The highest BCUT2D eigenvalue weighted by Gasteiger charge is 1.83. The molecular formula is C2H5BrN2O. The van der Waals surface area contributed by atoms with E-state index in [9.17, 15) is 4.79 Å². The van der Waals surface area contributed by atoms with Crippen molar-refractivity contribution in [1.82, 2.24) is 9.66 Å². The average molecular weight is 153 g/mol. The largest absolute Gasteiger partial charge is 0.341 e. The first-order valence-corrected chi connectivity index (χ1v) is 2.19. The topological polar surface area (TPSA) is 41.1 Å². The van der Waals surface area contributed by atoms with Gasteiger partial charge in [0, 0.05) is 7.05 Å². The van der Waals surface area contributed by atoms with Crippen molar-refractivity contribution in [3.05, 3.63) is 0 Å². The van der Waals surface area contributed by atoms with Gasteiger partial charge in [0.25, 0.3) is 0 Å². The smallest absolute Gasteiger partial charge is 0.324 e. The summed E-state index contributed by atoms with van der Waals surface area (Å²) in [6, 6.07) is -0.241. The zero-order chi connectivity index (χ0) is 4.99. The van der Waals surface area contributed by atoms with Crippen LogP contribution < -0.4 is 9.66 Å². The molecule has 2 amide bonds. The molecule has 0 fully saturated rings. The minimum atomic E-state index is -0.241. The van der Waals surface area contributed by atoms with Crippen LogP contribution in [0, 0.1) is 0 Å². The first kappa shape index (κ1) is 5.75. The molecule has 0 aromatic rings. The van der Waals surface area contributed by atoms with Gasteiger partial charge in [-0.25, -0.2) is 4.79 Å². The summed E-state index contributed by atoms with van der Waals surface area (Å²) >= 11 is 2.71. The number of hydrogen-bond donors (Lipinski definition) is 2. The maximum absolute atomic E-state index is 9.91. The molecule has 4 heteroatoms. The van der Waals surface area contributed by atoms with Gasteiger partial charge < -0.3 is 5.32 Å². The first-order valence-electron chi connectivity index (χ1n) is 1.39. The van der Waals surface area contributed by atoms with Crippen LogP contribution in [0.5, 0.6) is 0 Å². The van der Waals surface area contributed by atoms with E-state index in [0.717, 1.165) is 0 Å². The fourth-order valence-electron chi connectivity index (χ4n) is 0.0472. The maximum Gasteiger partial charge on any atom is 0.324 e. The molecule has 0 aromatic heterocycles. The van der Waals surface area contributed by atoms with Crippen LogP contribution in [-0.4, -0.2) is 13.1 Å². The van der Waals surface area contributed by atoms with Gasteiger partial charge in [0.2, 0.25) is 0 Å². The van der Waals surface area contributed by atoms with Crippen LogP contribution in [0.4, 0.5) is 4.79 Å². The normalized spacial score (nSPS) is 7.00. The van der Waals surface area contributed by atoms with Crippen molar-refractivity contribution in [2.45, 2.75) is 0 Å². The Morgan fingerprint density at radius 1 is 1.83 bits per heavy atom. The lowest BCUT2D eigenvalue weighted by molar-refractivity contribution is 0.249. The molecule has 0 rings (SSSR count). The van der Waals surface area contributed by atoms with Crippen molar-refractivity contribution in [3.8, 4) is 0 Å². The number of carbonyl (C=O) groups excluding carboxylic acids is 1. The molecule has 36 valence electrons. The molecule has 0 spiro atoms. The maximum atomic E-state index is 9.91. The summed E-state index contributed by atoms with van der Waals surface area (Å²) in [5, 5.41) is 2.32. The number of rotatable bonds is 0. The number of halogens is 1. The Morgan fingerprint density at radius 2 is 2.33 bits per heavy atom. The lowest BCUT2D eigenvalue weighted by Crippen LogP contribution is -2.24. The van der Waals surface area contributed by atoms with Crippen molar-refractivity contribution in [3.63, 3.8) is 0 Å². The van der Waals surface area contributed by atoms with Crippen LogP contribution in [-0.2, 0) is 0 Å². The molecule has 0 saturated heterocycles. The molecule has 0 aliphatic rings. The molecule has 0 heterocycles. The summed E-state index contributed by atoms with van der Waals surface area (Å²) in [5.41, 5.74) is 0. The lowest BCUT2D eigenvalue weighted by Gasteiger charge is -1.88. The third-order valence-corrected chi connectivity index (χ3v) is 0.673. The molecule has 3 nitrogen and oxygen atoms in total. The summed E-state index contributed by atoms with van der Waals surface area (Å²) in [5.74, 6) is 0. The molecule has 0 bridgehead atoms. The second kappa shape index (κ2) is 2.96. The molecule has 0 aliphatic carbocycles. The van der Waals surface area contributed by atoms with E-state index in [4.69, 9.17) is 0 Å². The van der Waals surface area contributed by atoms with Gasteiger partial charge in [-0.1, -0.05) is 0 Å². The summed E-state index contributed by atoms with van der Waals surface area (Å²) in [6.45, 7) is 0. The number of nitrogens with one attached hydrogen (secondary N) is 2. The molecule has 0 radical (unpaired) electrons. The van der Waals surface area contributed by atoms with Crippen LogP contribution in [0.25, 0.3) is 0 Å². The van der Waals surface area contributed by atoms with Gasteiger partial charge in [-0.05, 0) is 0 Å². The Bertz CT molecular complexity index is 49.5. The van der Waals surface area contributed by atoms with Crippen molar-refractivity contribution in [2.24, 2.45) is 0 Å². The molecule has 0 unspecified atom stereocenters. The minimum absolute atomic E-state index is 0.241. The molecule has 0 atom stereocenters.